The number of halogens is 1. The Labute approximate surface area is 132 Å². The standard InChI is InChI=1S/C14H18ClN3O2S/c1-9-4-5-12(21-9)10(2)17-11-8-16-18(6-7-20-3)14(19)13(11)15/h4-5,8,10,17H,6-7H2,1-3H3. The van der Waals surface area contributed by atoms with Crippen LogP contribution in [-0.4, -0.2) is 23.5 Å². The number of nitrogens with one attached hydrogen (secondary N) is 1. The summed E-state index contributed by atoms with van der Waals surface area (Å²) < 4.78 is 6.24. The van der Waals surface area contributed by atoms with Crippen molar-refractivity contribution in [2.75, 3.05) is 19.0 Å². The lowest BCUT2D eigenvalue weighted by atomic mass is 10.2. The van der Waals surface area contributed by atoms with Crippen molar-refractivity contribution in [1.29, 1.82) is 0 Å². The number of nitrogens with zero attached hydrogens (tertiary/aromatic N) is 2. The molecule has 5 nitrogen and oxygen atoms in total. The van der Waals surface area contributed by atoms with Crippen molar-refractivity contribution in [3.8, 4) is 0 Å². The first kappa shape index (κ1) is 16.0. The van der Waals surface area contributed by atoms with Gasteiger partial charge in [-0.1, -0.05) is 11.6 Å². The number of hydrogen-bond donors (Lipinski definition) is 1. The van der Waals surface area contributed by atoms with E-state index in [-0.39, 0.29) is 16.6 Å². The first-order valence-electron chi connectivity index (χ1n) is 6.60. The number of anilines is 1. The minimum absolute atomic E-state index is 0.0669. The molecule has 2 rings (SSSR count). The molecule has 1 atom stereocenters. The highest BCUT2D eigenvalue weighted by atomic mass is 35.5. The Balaban J connectivity index is 2.17. The van der Waals surface area contributed by atoms with Gasteiger partial charge in [0, 0.05) is 16.9 Å². The van der Waals surface area contributed by atoms with Crippen LogP contribution in [0, 0.1) is 6.92 Å². The molecule has 0 fully saturated rings. The third-order valence-electron chi connectivity index (χ3n) is 3.05. The van der Waals surface area contributed by atoms with E-state index in [1.165, 1.54) is 14.4 Å². The van der Waals surface area contributed by atoms with Crippen LogP contribution < -0.4 is 10.9 Å². The minimum Gasteiger partial charge on any atom is -0.383 e. The lowest BCUT2D eigenvalue weighted by Crippen LogP contribution is -2.26. The molecule has 0 saturated heterocycles. The van der Waals surface area contributed by atoms with E-state index in [2.05, 4.69) is 29.5 Å². The lowest BCUT2D eigenvalue weighted by molar-refractivity contribution is 0.182. The van der Waals surface area contributed by atoms with Crippen molar-refractivity contribution < 1.29 is 4.74 Å². The van der Waals surface area contributed by atoms with Crippen molar-refractivity contribution >= 4 is 28.6 Å². The van der Waals surface area contributed by atoms with Crippen LogP contribution in [-0.2, 0) is 11.3 Å². The first-order chi connectivity index (χ1) is 10.0. The van der Waals surface area contributed by atoms with Gasteiger partial charge in [0.1, 0.15) is 5.02 Å². The van der Waals surface area contributed by atoms with E-state index in [4.69, 9.17) is 16.3 Å². The smallest absolute Gasteiger partial charge is 0.287 e. The van der Waals surface area contributed by atoms with Crippen LogP contribution in [0.1, 0.15) is 22.7 Å². The molecule has 0 saturated carbocycles. The maximum Gasteiger partial charge on any atom is 0.287 e. The summed E-state index contributed by atoms with van der Waals surface area (Å²) in [6.07, 6.45) is 1.58. The van der Waals surface area contributed by atoms with Crippen LogP contribution in [0.2, 0.25) is 5.02 Å². The van der Waals surface area contributed by atoms with Gasteiger partial charge in [-0.25, -0.2) is 4.68 Å². The normalized spacial score (nSPS) is 12.4. The molecular formula is C14H18ClN3O2S. The summed E-state index contributed by atoms with van der Waals surface area (Å²) in [5, 5.41) is 7.50. The summed E-state index contributed by atoms with van der Waals surface area (Å²) in [5.74, 6) is 0. The van der Waals surface area contributed by atoms with E-state index in [1.54, 1.807) is 24.6 Å². The Kier molecular flexibility index (Phi) is 5.39. The van der Waals surface area contributed by atoms with E-state index in [1.807, 2.05) is 6.92 Å². The molecule has 0 spiro atoms. The van der Waals surface area contributed by atoms with Crippen molar-refractivity contribution in [2.45, 2.75) is 26.4 Å². The van der Waals surface area contributed by atoms with Crippen LogP contribution >= 0.6 is 22.9 Å². The Morgan fingerprint density at radius 2 is 2.29 bits per heavy atom. The fraction of sp³-hybridized carbons (Fsp3) is 0.429. The van der Waals surface area contributed by atoms with Gasteiger partial charge in [0.15, 0.2) is 0 Å². The molecule has 1 unspecified atom stereocenters. The van der Waals surface area contributed by atoms with Gasteiger partial charge < -0.3 is 10.1 Å². The first-order valence-corrected chi connectivity index (χ1v) is 7.79. The Hall–Kier alpha value is -1.37. The fourth-order valence-electron chi connectivity index (χ4n) is 1.89. The Morgan fingerprint density at radius 3 is 2.90 bits per heavy atom. The highest BCUT2D eigenvalue weighted by molar-refractivity contribution is 7.12. The van der Waals surface area contributed by atoms with E-state index in [0.717, 1.165) is 0 Å². The summed E-state index contributed by atoms with van der Waals surface area (Å²) >= 11 is 7.85. The van der Waals surface area contributed by atoms with Gasteiger partial charge in [0.25, 0.3) is 5.56 Å². The molecule has 0 aliphatic carbocycles. The van der Waals surface area contributed by atoms with Gasteiger partial charge in [-0.2, -0.15) is 5.10 Å². The quantitative estimate of drug-likeness (QED) is 0.885. The molecule has 0 aliphatic heterocycles. The van der Waals surface area contributed by atoms with Gasteiger partial charge >= 0.3 is 0 Å². The molecule has 114 valence electrons. The zero-order valence-corrected chi connectivity index (χ0v) is 13.8. The Bertz CT molecular complexity index is 668. The molecule has 2 heterocycles. The van der Waals surface area contributed by atoms with E-state index >= 15 is 0 Å². The van der Waals surface area contributed by atoms with Crippen LogP contribution in [0.5, 0.6) is 0 Å². The van der Waals surface area contributed by atoms with Crippen LogP contribution in [0.15, 0.2) is 23.1 Å². The van der Waals surface area contributed by atoms with Crippen molar-refractivity contribution in [3.05, 3.63) is 43.5 Å². The number of methoxy groups -OCH3 is 1. The van der Waals surface area contributed by atoms with E-state index < -0.39 is 0 Å². The predicted molar refractivity (Wildman–Crippen MR) is 86.5 cm³/mol. The third kappa shape index (κ3) is 3.84. The van der Waals surface area contributed by atoms with Gasteiger partial charge in [-0.3, -0.25) is 4.79 Å². The minimum atomic E-state index is -0.312. The molecule has 0 aromatic carbocycles. The average molecular weight is 328 g/mol. The molecule has 1 N–H and O–H groups in total. The molecule has 0 amide bonds. The second-order valence-corrected chi connectivity index (χ2v) is 6.41. The molecular weight excluding hydrogens is 310 g/mol. The molecule has 0 radical (unpaired) electrons. The summed E-state index contributed by atoms with van der Waals surface area (Å²) in [6.45, 7) is 4.89. The highest BCUT2D eigenvalue weighted by Crippen LogP contribution is 2.27. The fourth-order valence-corrected chi connectivity index (χ4v) is 2.97. The zero-order valence-electron chi connectivity index (χ0n) is 12.2. The predicted octanol–water partition coefficient (Wildman–Crippen LogP) is 3.09. The highest BCUT2D eigenvalue weighted by Gasteiger charge is 2.13. The molecule has 0 aliphatic rings. The van der Waals surface area contributed by atoms with Gasteiger partial charge in [0.05, 0.1) is 31.1 Å². The number of hydrogen-bond acceptors (Lipinski definition) is 5. The molecule has 7 heteroatoms. The van der Waals surface area contributed by atoms with E-state index in [9.17, 15) is 4.79 Å². The monoisotopic (exact) mass is 327 g/mol. The topological polar surface area (TPSA) is 56.1 Å². The van der Waals surface area contributed by atoms with Crippen molar-refractivity contribution in [1.82, 2.24) is 9.78 Å². The van der Waals surface area contributed by atoms with Crippen molar-refractivity contribution in [2.24, 2.45) is 0 Å². The Morgan fingerprint density at radius 1 is 1.52 bits per heavy atom. The number of ether oxygens (including phenoxy) is 1. The maximum absolute atomic E-state index is 12.1. The van der Waals surface area contributed by atoms with Crippen molar-refractivity contribution in [3.63, 3.8) is 0 Å². The third-order valence-corrected chi connectivity index (χ3v) is 4.60. The zero-order chi connectivity index (χ0) is 15.4. The van der Waals surface area contributed by atoms with Crippen LogP contribution in [0.4, 0.5) is 5.69 Å². The van der Waals surface area contributed by atoms with Gasteiger partial charge in [0.2, 0.25) is 0 Å². The van der Waals surface area contributed by atoms with Gasteiger partial charge in [-0.15, -0.1) is 11.3 Å². The van der Waals surface area contributed by atoms with Gasteiger partial charge in [-0.05, 0) is 26.0 Å². The summed E-state index contributed by atoms with van der Waals surface area (Å²) in [4.78, 5) is 14.5. The molecule has 0 bridgehead atoms. The maximum atomic E-state index is 12.1. The number of aryl methyl sites for hydroxylation is 1. The molecule has 2 aromatic rings. The van der Waals surface area contributed by atoms with Crippen LogP contribution in [0.3, 0.4) is 0 Å². The summed E-state index contributed by atoms with van der Waals surface area (Å²) in [6, 6.07) is 4.21. The second kappa shape index (κ2) is 7.06. The summed E-state index contributed by atoms with van der Waals surface area (Å²) in [7, 11) is 1.58. The lowest BCUT2D eigenvalue weighted by Gasteiger charge is -2.15. The van der Waals surface area contributed by atoms with Crippen LogP contribution in [0.25, 0.3) is 0 Å². The number of rotatable bonds is 6. The molecule has 21 heavy (non-hydrogen) atoms. The number of thiophene rings is 1. The SMILES string of the molecule is COCCn1ncc(NC(C)c2ccc(C)s2)c(Cl)c1=O. The van der Waals surface area contributed by atoms with E-state index in [0.29, 0.717) is 18.8 Å². The largest absolute Gasteiger partial charge is 0.383 e. The number of aromatic nitrogens is 2. The molecule has 2 aromatic heterocycles. The average Bonchev–Trinajstić information content (AvgIpc) is 2.90. The summed E-state index contributed by atoms with van der Waals surface area (Å²) in [5.41, 5.74) is 0.238. The second-order valence-electron chi connectivity index (χ2n) is 4.71.